The number of piperidine rings is 1. The van der Waals surface area contributed by atoms with E-state index in [0.717, 1.165) is 0 Å². The molecular weight excluding hydrogens is 732 g/mol. The van der Waals surface area contributed by atoms with E-state index in [1.165, 1.54) is 6.92 Å². The zero-order valence-corrected chi connectivity index (χ0v) is 35.2. The molecule has 1 aromatic rings. The standard InChI is InChI=1S/C40H67ClN4O10/c1-11-29-39(8,50)34(48)26(6)42-20-22(2)19-38(7)35(53-37-32(47)28(44(9)10)16-23(3)51-37)24(4)33(25(5)36(49)52-29)54-40(55-38)12-14-45(15-13-40)31-18-27(21-46)17-30(41)43-31/h17-18,22-26,28-29,32-35,37,42,46-48,50H,11-16,19-21H2,1-10H3/t22-,23-,24+,25-,26-,28?,29-,32-,33+,34-,35-,37+,38-,39-/m1/s1. The second-order valence-electron chi connectivity index (χ2n) is 17.5. The molecule has 0 aromatic carbocycles. The number of pyridine rings is 1. The van der Waals surface area contributed by atoms with Crippen molar-refractivity contribution in [2.75, 3.05) is 38.6 Å². The SMILES string of the molecule is CC[C@H]1OC(=O)[C@H](C)[C@H]2OC3(CCN(c4cc(CO)cc(Cl)n4)CC3)O[C@](C)(C[C@@H](C)CN[C@H](C)[C@@H](O)[C@]1(C)O)[C@H](O[C@@H]1O[C@H](C)CC(N(C)C)[C@H]1O)[C@H]2C. The van der Waals surface area contributed by atoms with Crippen LogP contribution in [0.5, 0.6) is 0 Å². The fourth-order valence-electron chi connectivity index (χ4n) is 9.41. The van der Waals surface area contributed by atoms with Gasteiger partial charge < -0.3 is 59.2 Å². The van der Waals surface area contributed by atoms with Crippen molar-refractivity contribution in [3.05, 3.63) is 22.8 Å². The number of hydrogen-bond acceptors (Lipinski definition) is 14. The molecule has 15 heteroatoms. The molecule has 0 saturated carbocycles. The van der Waals surface area contributed by atoms with Gasteiger partial charge in [0, 0.05) is 43.9 Å². The number of aliphatic hydroxyl groups is 4. The highest BCUT2D eigenvalue weighted by atomic mass is 35.5. The Bertz CT molecular complexity index is 1450. The van der Waals surface area contributed by atoms with Gasteiger partial charge in [-0.25, -0.2) is 4.98 Å². The summed E-state index contributed by atoms with van der Waals surface area (Å²) in [6.45, 7) is 16.3. The smallest absolute Gasteiger partial charge is 0.311 e. The molecule has 0 amide bonds. The number of fused-ring (bicyclic) bond motifs is 3. The van der Waals surface area contributed by atoms with Crippen molar-refractivity contribution in [2.45, 2.75) is 166 Å². The van der Waals surface area contributed by atoms with Gasteiger partial charge in [-0.05, 0) is 98.1 Å². The molecule has 5 N–H and O–H groups in total. The van der Waals surface area contributed by atoms with Crippen LogP contribution in [0.3, 0.4) is 0 Å². The number of cyclic esters (lactones) is 1. The Morgan fingerprint density at radius 2 is 1.78 bits per heavy atom. The third kappa shape index (κ3) is 9.62. The first kappa shape index (κ1) is 44.4. The Hall–Kier alpha value is -1.69. The van der Waals surface area contributed by atoms with E-state index in [2.05, 4.69) is 22.1 Å². The van der Waals surface area contributed by atoms with Crippen LogP contribution in [0.4, 0.5) is 5.82 Å². The molecule has 5 rings (SSSR count). The van der Waals surface area contributed by atoms with E-state index < -0.39 is 77.6 Å². The van der Waals surface area contributed by atoms with Crippen LogP contribution in [0.15, 0.2) is 12.1 Å². The van der Waals surface area contributed by atoms with Crippen LogP contribution in [0, 0.1) is 17.8 Å². The molecule has 0 radical (unpaired) electrons. The van der Waals surface area contributed by atoms with Crippen molar-refractivity contribution in [1.82, 2.24) is 15.2 Å². The topological polar surface area (TPSA) is 176 Å². The maximum absolute atomic E-state index is 14.3. The molecule has 1 unspecified atom stereocenters. The Balaban J connectivity index is 1.59. The lowest BCUT2D eigenvalue weighted by Crippen LogP contribution is -2.60. The minimum absolute atomic E-state index is 0.0304. The predicted molar refractivity (Wildman–Crippen MR) is 207 cm³/mol. The van der Waals surface area contributed by atoms with Crippen LogP contribution >= 0.6 is 11.6 Å². The summed E-state index contributed by atoms with van der Waals surface area (Å²) in [6, 6.07) is 2.72. The number of esters is 1. The minimum atomic E-state index is -1.74. The Labute approximate surface area is 332 Å². The molecule has 4 aliphatic heterocycles. The quantitative estimate of drug-likeness (QED) is 0.210. The number of anilines is 1. The maximum Gasteiger partial charge on any atom is 0.311 e. The number of halogens is 1. The van der Waals surface area contributed by atoms with Gasteiger partial charge in [0.05, 0.1) is 36.4 Å². The van der Waals surface area contributed by atoms with Crippen molar-refractivity contribution in [1.29, 1.82) is 0 Å². The van der Waals surface area contributed by atoms with Gasteiger partial charge in [-0.15, -0.1) is 0 Å². The number of aliphatic hydroxyl groups excluding tert-OH is 3. The van der Waals surface area contributed by atoms with Crippen LogP contribution in [0.1, 0.15) is 93.1 Å². The van der Waals surface area contributed by atoms with Gasteiger partial charge in [0.15, 0.2) is 12.1 Å². The van der Waals surface area contributed by atoms with E-state index in [0.29, 0.717) is 56.7 Å². The van der Waals surface area contributed by atoms with Crippen molar-refractivity contribution in [2.24, 2.45) is 17.8 Å². The van der Waals surface area contributed by atoms with Crippen LogP contribution in [-0.2, 0) is 35.1 Å². The molecule has 4 fully saturated rings. The number of carbonyl (C=O) groups is 1. The van der Waals surface area contributed by atoms with Crippen LogP contribution in [0.25, 0.3) is 0 Å². The molecule has 4 aliphatic rings. The molecule has 2 bridgehead atoms. The summed E-state index contributed by atoms with van der Waals surface area (Å²) in [6.07, 6.45) is -3.66. The first-order chi connectivity index (χ1) is 25.7. The molecule has 0 aliphatic carbocycles. The summed E-state index contributed by atoms with van der Waals surface area (Å²) in [7, 11) is 3.86. The fraction of sp³-hybridized carbons (Fsp3) is 0.850. The van der Waals surface area contributed by atoms with E-state index in [9.17, 15) is 25.2 Å². The molecule has 14 nitrogen and oxygen atoms in total. The van der Waals surface area contributed by atoms with Crippen molar-refractivity contribution in [3.8, 4) is 0 Å². The Morgan fingerprint density at radius 1 is 1.11 bits per heavy atom. The van der Waals surface area contributed by atoms with Crippen molar-refractivity contribution >= 4 is 23.4 Å². The van der Waals surface area contributed by atoms with Crippen LogP contribution in [0.2, 0.25) is 5.15 Å². The Morgan fingerprint density at radius 3 is 2.40 bits per heavy atom. The van der Waals surface area contributed by atoms with Gasteiger partial charge in [0.1, 0.15) is 34.9 Å². The number of ether oxygens (including phenoxy) is 5. The van der Waals surface area contributed by atoms with Crippen LogP contribution < -0.4 is 10.2 Å². The zero-order valence-electron chi connectivity index (χ0n) is 34.4. The highest BCUT2D eigenvalue weighted by Crippen LogP contribution is 2.48. The van der Waals surface area contributed by atoms with Gasteiger partial charge in [-0.1, -0.05) is 32.4 Å². The van der Waals surface area contributed by atoms with E-state index in [4.69, 9.17) is 35.3 Å². The Kier molecular flexibility index (Phi) is 14.3. The molecule has 4 saturated heterocycles. The molecule has 1 spiro atoms. The van der Waals surface area contributed by atoms with E-state index >= 15 is 0 Å². The van der Waals surface area contributed by atoms with Gasteiger partial charge in [0.25, 0.3) is 0 Å². The third-order valence-corrected chi connectivity index (χ3v) is 12.8. The summed E-state index contributed by atoms with van der Waals surface area (Å²) in [5, 5.41) is 48.3. The lowest BCUT2D eigenvalue weighted by molar-refractivity contribution is -0.327. The van der Waals surface area contributed by atoms with Gasteiger partial charge >= 0.3 is 5.97 Å². The van der Waals surface area contributed by atoms with Crippen molar-refractivity contribution in [3.63, 3.8) is 0 Å². The van der Waals surface area contributed by atoms with Gasteiger partial charge in [-0.3, -0.25) is 4.79 Å². The number of carbonyl (C=O) groups excluding carboxylic acids is 1. The largest absolute Gasteiger partial charge is 0.459 e. The van der Waals surface area contributed by atoms with E-state index in [-0.39, 0.29) is 36.2 Å². The van der Waals surface area contributed by atoms with Gasteiger partial charge in [-0.2, -0.15) is 0 Å². The van der Waals surface area contributed by atoms with Crippen LogP contribution in [-0.4, -0.2) is 142 Å². The lowest BCUT2D eigenvalue weighted by Gasteiger charge is -2.49. The number of aromatic nitrogens is 1. The second-order valence-corrected chi connectivity index (χ2v) is 17.9. The summed E-state index contributed by atoms with van der Waals surface area (Å²) < 4.78 is 33.9. The summed E-state index contributed by atoms with van der Waals surface area (Å²) in [4.78, 5) is 22.9. The summed E-state index contributed by atoms with van der Waals surface area (Å²) in [5.41, 5.74) is -2.11. The molecule has 1 aromatic heterocycles. The number of nitrogens with one attached hydrogen (secondary N) is 1. The molecular formula is C40H67ClN4O10. The fourth-order valence-corrected chi connectivity index (χ4v) is 9.64. The first-order valence-electron chi connectivity index (χ1n) is 20.1. The van der Waals surface area contributed by atoms with E-state index in [1.807, 2.05) is 59.7 Å². The first-order valence-corrected chi connectivity index (χ1v) is 20.5. The average Bonchev–Trinajstić information content (AvgIpc) is 3.21. The molecule has 14 atom stereocenters. The van der Waals surface area contributed by atoms with Gasteiger partial charge in [0.2, 0.25) is 0 Å². The number of nitrogens with zero attached hydrogens (tertiary/aromatic N) is 3. The number of hydrogen-bond donors (Lipinski definition) is 5. The highest BCUT2D eigenvalue weighted by Gasteiger charge is 2.58. The molecule has 314 valence electrons. The predicted octanol–water partition coefficient (Wildman–Crippen LogP) is 3.23. The summed E-state index contributed by atoms with van der Waals surface area (Å²) in [5.74, 6) is -2.46. The number of rotatable bonds is 6. The monoisotopic (exact) mass is 798 g/mol. The zero-order chi connectivity index (χ0) is 40.6. The molecule has 5 heterocycles. The molecule has 55 heavy (non-hydrogen) atoms. The second kappa shape index (κ2) is 17.7. The highest BCUT2D eigenvalue weighted by molar-refractivity contribution is 6.29. The van der Waals surface area contributed by atoms with E-state index in [1.54, 1.807) is 13.0 Å². The normalized spacial score (nSPS) is 42.1. The third-order valence-electron chi connectivity index (χ3n) is 12.6. The average molecular weight is 799 g/mol. The lowest BCUT2D eigenvalue weighted by atomic mass is 9.78. The number of likely N-dealkylation sites (N-methyl/N-ethyl adjacent to an activating group) is 1. The van der Waals surface area contributed by atoms with Crippen molar-refractivity contribution < 1.29 is 48.9 Å². The maximum atomic E-state index is 14.3. The summed E-state index contributed by atoms with van der Waals surface area (Å²) >= 11 is 6.34. The minimum Gasteiger partial charge on any atom is -0.459 e.